The molecule has 0 amide bonds. The van der Waals surface area contributed by atoms with Crippen LogP contribution in [0.15, 0.2) is 42.9 Å². The summed E-state index contributed by atoms with van der Waals surface area (Å²) in [6.45, 7) is 2.03. The lowest BCUT2D eigenvalue weighted by molar-refractivity contribution is 0.788. The highest BCUT2D eigenvalue weighted by Gasteiger charge is 2.12. The number of pyridine rings is 1. The van der Waals surface area contributed by atoms with Crippen molar-refractivity contribution >= 4 is 22.4 Å². The van der Waals surface area contributed by atoms with Gasteiger partial charge in [-0.3, -0.25) is 4.98 Å². The highest BCUT2D eigenvalue weighted by atomic mass is 35.5. The molecule has 1 unspecified atom stereocenters. The number of rotatable bonds is 3. The van der Waals surface area contributed by atoms with Gasteiger partial charge in [-0.05, 0) is 23.9 Å². The molecule has 0 saturated heterocycles. The van der Waals surface area contributed by atoms with Crippen LogP contribution in [0.3, 0.4) is 0 Å². The van der Waals surface area contributed by atoms with Crippen molar-refractivity contribution in [2.24, 2.45) is 0 Å². The van der Waals surface area contributed by atoms with Crippen molar-refractivity contribution in [2.45, 2.75) is 18.7 Å². The van der Waals surface area contributed by atoms with Crippen LogP contribution in [0.25, 0.3) is 16.5 Å². The molecule has 19 heavy (non-hydrogen) atoms. The largest absolute Gasteiger partial charge is 0.264 e. The molecule has 0 bridgehead atoms. The number of halogens is 1. The first kappa shape index (κ1) is 12.1. The maximum Gasteiger partial charge on any atom is 0.101 e. The van der Waals surface area contributed by atoms with Crippen molar-refractivity contribution in [2.75, 3.05) is 0 Å². The van der Waals surface area contributed by atoms with Crippen LogP contribution < -0.4 is 0 Å². The maximum atomic E-state index is 6.18. The summed E-state index contributed by atoms with van der Waals surface area (Å²) in [6.07, 6.45) is 6.33. The summed E-state index contributed by atoms with van der Waals surface area (Å²) in [5, 5.41) is 10.4. The van der Waals surface area contributed by atoms with Crippen molar-refractivity contribution in [3.05, 3.63) is 48.5 Å². The number of alkyl halides is 1. The van der Waals surface area contributed by atoms with Crippen molar-refractivity contribution in [1.82, 2.24) is 20.0 Å². The van der Waals surface area contributed by atoms with Crippen molar-refractivity contribution in [3.63, 3.8) is 0 Å². The van der Waals surface area contributed by atoms with Crippen LogP contribution in [0.2, 0.25) is 0 Å². The number of fused-ring (bicyclic) bond motifs is 1. The Morgan fingerprint density at radius 3 is 3.05 bits per heavy atom. The fourth-order valence-corrected chi connectivity index (χ4v) is 2.14. The Balaban J connectivity index is 2.12. The fourth-order valence-electron chi connectivity index (χ4n) is 2.04. The van der Waals surface area contributed by atoms with Crippen LogP contribution in [0.4, 0.5) is 0 Å². The molecule has 0 N–H and O–H groups in total. The Morgan fingerprint density at radius 2 is 2.21 bits per heavy atom. The zero-order valence-corrected chi connectivity index (χ0v) is 11.2. The molecule has 2 aromatic heterocycles. The van der Waals surface area contributed by atoms with E-state index >= 15 is 0 Å². The first-order chi connectivity index (χ1) is 9.29. The number of benzene rings is 1. The average Bonchev–Trinajstić information content (AvgIpc) is 2.95. The Kier molecular flexibility index (Phi) is 3.17. The van der Waals surface area contributed by atoms with E-state index in [4.69, 9.17) is 11.6 Å². The second kappa shape index (κ2) is 4.97. The predicted molar refractivity (Wildman–Crippen MR) is 75.5 cm³/mol. The second-order valence-electron chi connectivity index (χ2n) is 4.34. The van der Waals surface area contributed by atoms with E-state index in [-0.39, 0.29) is 5.38 Å². The Hall–Kier alpha value is -1.94. The minimum atomic E-state index is -0.0955. The van der Waals surface area contributed by atoms with Gasteiger partial charge in [0.2, 0.25) is 0 Å². The molecule has 0 fully saturated rings. The molecule has 0 spiro atoms. The van der Waals surface area contributed by atoms with Gasteiger partial charge in [0.15, 0.2) is 0 Å². The quantitative estimate of drug-likeness (QED) is 0.686. The number of nitrogens with zero attached hydrogens (tertiary/aromatic N) is 4. The molecule has 2 heterocycles. The standard InChI is InChI=1S/C14H13ClN4/c1-2-12(15)13-9-19(18-17-13)14-5-3-4-10-6-7-16-8-11(10)14/h3-9,12H,2H2,1H3. The first-order valence-electron chi connectivity index (χ1n) is 6.19. The first-order valence-corrected chi connectivity index (χ1v) is 6.62. The van der Waals surface area contributed by atoms with E-state index in [9.17, 15) is 0 Å². The van der Waals surface area contributed by atoms with Gasteiger partial charge in [0.05, 0.1) is 17.3 Å². The number of aromatic nitrogens is 4. The third-order valence-electron chi connectivity index (χ3n) is 3.10. The monoisotopic (exact) mass is 272 g/mol. The van der Waals surface area contributed by atoms with Gasteiger partial charge in [-0.15, -0.1) is 16.7 Å². The van der Waals surface area contributed by atoms with Crippen molar-refractivity contribution in [1.29, 1.82) is 0 Å². The normalized spacial score (nSPS) is 12.7. The summed E-state index contributed by atoms with van der Waals surface area (Å²) in [5.41, 5.74) is 1.76. The van der Waals surface area contributed by atoms with Gasteiger partial charge >= 0.3 is 0 Å². The average molecular weight is 273 g/mol. The van der Waals surface area contributed by atoms with Gasteiger partial charge in [0.1, 0.15) is 5.69 Å². The maximum absolute atomic E-state index is 6.18. The molecule has 0 aliphatic rings. The van der Waals surface area contributed by atoms with Gasteiger partial charge in [0.25, 0.3) is 0 Å². The van der Waals surface area contributed by atoms with Crippen LogP contribution in [0.1, 0.15) is 24.4 Å². The molecule has 3 rings (SSSR count). The Morgan fingerprint density at radius 1 is 1.32 bits per heavy atom. The van der Waals surface area contributed by atoms with Gasteiger partial charge in [0, 0.05) is 17.8 Å². The molecule has 0 aliphatic carbocycles. The minimum absolute atomic E-state index is 0.0955. The van der Waals surface area contributed by atoms with Gasteiger partial charge in [-0.2, -0.15) is 0 Å². The zero-order chi connectivity index (χ0) is 13.2. The minimum Gasteiger partial charge on any atom is -0.264 e. The summed E-state index contributed by atoms with van der Waals surface area (Å²) >= 11 is 6.18. The van der Waals surface area contributed by atoms with Gasteiger partial charge < -0.3 is 0 Å². The van der Waals surface area contributed by atoms with E-state index in [0.717, 1.165) is 28.6 Å². The lowest BCUT2D eigenvalue weighted by atomic mass is 10.1. The Labute approximate surface area is 116 Å². The molecule has 0 radical (unpaired) electrons. The van der Waals surface area contributed by atoms with E-state index in [0.29, 0.717) is 0 Å². The number of hydrogen-bond donors (Lipinski definition) is 0. The van der Waals surface area contributed by atoms with Crippen LogP contribution in [-0.2, 0) is 0 Å². The molecule has 5 heteroatoms. The molecule has 96 valence electrons. The molecule has 4 nitrogen and oxygen atoms in total. The van der Waals surface area contributed by atoms with E-state index in [1.807, 2.05) is 37.5 Å². The lowest BCUT2D eigenvalue weighted by Gasteiger charge is -2.05. The predicted octanol–water partition coefficient (Wildman–Crippen LogP) is 3.51. The molecular formula is C14H13ClN4. The summed E-state index contributed by atoms with van der Waals surface area (Å²) in [4.78, 5) is 4.17. The summed E-state index contributed by atoms with van der Waals surface area (Å²) < 4.78 is 1.75. The van der Waals surface area contributed by atoms with E-state index in [2.05, 4.69) is 21.4 Å². The summed E-state index contributed by atoms with van der Waals surface area (Å²) in [5.74, 6) is 0. The fraction of sp³-hybridized carbons (Fsp3) is 0.214. The highest BCUT2D eigenvalue weighted by Crippen LogP contribution is 2.24. The molecule has 1 atom stereocenters. The molecule has 3 aromatic rings. The van der Waals surface area contributed by atoms with E-state index < -0.39 is 0 Å². The number of hydrogen-bond acceptors (Lipinski definition) is 3. The van der Waals surface area contributed by atoms with Gasteiger partial charge in [-0.25, -0.2) is 4.68 Å². The van der Waals surface area contributed by atoms with Crippen LogP contribution in [0.5, 0.6) is 0 Å². The van der Waals surface area contributed by atoms with Gasteiger partial charge in [-0.1, -0.05) is 24.3 Å². The zero-order valence-electron chi connectivity index (χ0n) is 10.5. The summed E-state index contributed by atoms with van der Waals surface area (Å²) in [6, 6.07) is 8.02. The summed E-state index contributed by atoms with van der Waals surface area (Å²) in [7, 11) is 0. The van der Waals surface area contributed by atoms with Crippen LogP contribution in [-0.4, -0.2) is 20.0 Å². The molecule has 0 saturated carbocycles. The lowest BCUT2D eigenvalue weighted by Crippen LogP contribution is -1.96. The smallest absolute Gasteiger partial charge is 0.101 e. The third kappa shape index (κ3) is 2.19. The van der Waals surface area contributed by atoms with Crippen LogP contribution in [0, 0.1) is 0 Å². The van der Waals surface area contributed by atoms with Crippen molar-refractivity contribution in [3.8, 4) is 5.69 Å². The molecule has 1 aromatic carbocycles. The second-order valence-corrected chi connectivity index (χ2v) is 4.86. The Bertz CT molecular complexity index is 702. The highest BCUT2D eigenvalue weighted by molar-refractivity contribution is 6.20. The van der Waals surface area contributed by atoms with Crippen molar-refractivity contribution < 1.29 is 0 Å². The third-order valence-corrected chi connectivity index (χ3v) is 3.63. The van der Waals surface area contributed by atoms with E-state index in [1.54, 1.807) is 10.9 Å². The van der Waals surface area contributed by atoms with Crippen LogP contribution >= 0.6 is 11.6 Å². The topological polar surface area (TPSA) is 43.6 Å². The SMILES string of the molecule is CCC(Cl)c1cn(-c2cccc3ccncc23)nn1. The van der Waals surface area contributed by atoms with E-state index in [1.165, 1.54) is 0 Å². The molecule has 0 aliphatic heterocycles. The molecular weight excluding hydrogens is 260 g/mol.